The Morgan fingerprint density at radius 2 is 1.57 bits per heavy atom. The number of nitrogens with zero attached hydrogens (tertiary/aromatic N) is 6. The fourth-order valence-corrected chi connectivity index (χ4v) is 9.56. The highest BCUT2D eigenvalue weighted by atomic mass is 35.5. The molecule has 3 saturated heterocycles. The third kappa shape index (κ3) is 10.1. The summed E-state index contributed by atoms with van der Waals surface area (Å²) in [4.78, 5) is 61.0. The summed E-state index contributed by atoms with van der Waals surface area (Å²) in [6.45, 7) is 9.43. The van der Waals surface area contributed by atoms with Gasteiger partial charge in [0.25, 0.3) is 5.91 Å². The molecule has 0 aliphatic carbocycles. The van der Waals surface area contributed by atoms with Crippen molar-refractivity contribution in [1.82, 2.24) is 35.0 Å². The van der Waals surface area contributed by atoms with Gasteiger partial charge < -0.3 is 35.1 Å². The van der Waals surface area contributed by atoms with E-state index in [0.717, 1.165) is 56.0 Å². The van der Waals surface area contributed by atoms with Gasteiger partial charge in [0.2, 0.25) is 5.91 Å². The van der Waals surface area contributed by atoms with Crippen LogP contribution in [-0.2, 0) is 4.79 Å². The van der Waals surface area contributed by atoms with Crippen molar-refractivity contribution >= 4 is 41.0 Å². The second-order valence-corrected chi connectivity index (χ2v) is 17.7. The van der Waals surface area contributed by atoms with E-state index in [1.54, 1.807) is 54.5 Å². The first kappa shape index (κ1) is 45.4. The average molecular weight is 912 g/mol. The number of alkyl halides is 3. The van der Waals surface area contributed by atoms with Crippen molar-refractivity contribution < 1.29 is 32.3 Å². The van der Waals surface area contributed by atoms with E-state index in [2.05, 4.69) is 37.2 Å². The third-order valence-electron chi connectivity index (χ3n) is 12.6. The number of piperidine rings is 1. The number of imidazole rings is 1. The average Bonchev–Trinajstić information content (AvgIpc) is 3.95. The number of hydrogen-bond donors (Lipinski definition) is 3. The molecule has 0 bridgehead atoms. The van der Waals surface area contributed by atoms with Gasteiger partial charge in [0.05, 0.1) is 34.2 Å². The lowest BCUT2D eigenvalue weighted by molar-refractivity contribution is -0.274. The summed E-state index contributed by atoms with van der Waals surface area (Å²) in [5, 5.41) is 5.27. The second kappa shape index (κ2) is 19.1. The van der Waals surface area contributed by atoms with Crippen LogP contribution in [0.25, 0.3) is 22.4 Å². The number of urea groups is 1. The number of benzene rings is 3. The first-order valence-electron chi connectivity index (χ1n) is 22.0. The predicted molar refractivity (Wildman–Crippen MR) is 244 cm³/mol. The number of piperazine rings is 1. The number of carbonyl (C=O) groups is 3. The molecule has 0 unspecified atom stereocenters. The number of pyridine rings is 1. The molecule has 13 nitrogen and oxygen atoms in total. The molecule has 5 atom stereocenters. The molecule has 3 aliphatic heterocycles. The Hall–Kier alpha value is -6.13. The number of ether oxygens (including phenoxy) is 1. The minimum Gasteiger partial charge on any atom is -0.405 e. The molecule has 0 spiro atoms. The molecular formula is C48H53ClF3N9O4. The van der Waals surface area contributed by atoms with Crippen LogP contribution in [0.15, 0.2) is 91.3 Å². The smallest absolute Gasteiger partial charge is 0.405 e. The summed E-state index contributed by atoms with van der Waals surface area (Å²) in [6, 6.07) is 21.5. The minimum absolute atomic E-state index is 0.00813. The fourth-order valence-electron chi connectivity index (χ4n) is 9.35. The summed E-state index contributed by atoms with van der Waals surface area (Å²) in [6.07, 6.45) is 2.07. The summed E-state index contributed by atoms with van der Waals surface area (Å²) >= 11 is 6.64. The Kier molecular flexibility index (Phi) is 13.4. The highest BCUT2D eigenvalue weighted by molar-refractivity contribution is 6.34. The number of nitrogens with one attached hydrogen (secondary N) is 3. The zero-order chi connectivity index (χ0) is 46.0. The maximum atomic E-state index is 14.5. The van der Waals surface area contributed by atoms with Crippen LogP contribution in [0.1, 0.15) is 80.3 Å². The summed E-state index contributed by atoms with van der Waals surface area (Å²) in [7, 11) is 1.59. The van der Waals surface area contributed by atoms with E-state index in [4.69, 9.17) is 16.6 Å². The lowest BCUT2D eigenvalue weighted by Gasteiger charge is -2.44. The van der Waals surface area contributed by atoms with Crippen LogP contribution < -0.4 is 20.3 Å². The van der Waals surface area contributed by atoms with E-state index >= 15 is 0 Å². The second-order valence-electron chi connectivity index (χ2n) is 17.3. The van der Waals surface area contributed by atoms with Crippen LogP contribution in [0.2, 0.25) is 5.02 Å². The molecule has 8 rings (SSSR count). The number of amides is 4. The molecular weight excluding hydrogens is 859 g/mol. The molecule has 0 saturated carbocycles. The minimum atomic E-state index is -5.04. The molecule has 342 valence electrons. The number of carbonyl (C=O) groups excluding carboxylic acids is 3. The van der Waals surface area contributed by atoms with Crippen molar-refractivity contribution in [2.75, 3.05) is 50.0 Å². The lowest BCUT2D eigenvalue weighted by atomic mass is 10.00. The van der Waals surface area contributed by atoms with Crippen LogP contribution in [0.5, 0.6) is 5.75 Å². The molecule has 65 heavy (non-hydrogen) atoms. The number of halogens is 4. The Morgan fingerprint density at radius 1 is 0.846 bits per heavy atom. The van der Waals surface area contributed by atoms with Crippen molar-refractivity contribution in [3.8, 4) is 28.1 Å². The number of H-pyrrole nitrogens is 1. The molecule has 3 aliphatic rings. The number of anilines is 2. The van der Waals surface area contributed by atoms with Crippen molar-refractivity contribution in [1.29, 1.82) is 0 Å². The first-order chi connectivity index (χ1) is 31.2. The molecule has 17 heteroatoms. The molecule has 3 aromatic carbocycles. The molecule has 5 aromatic rings. The van der Waals surface area contributed by atoms with Gasteiger partial charge in [-0.25, -0.2) is 14.8 Å². The maximum Gasteiger partial charge on any atom is 0.573 e. The SMILES string of the molecule is CNC(=O)N1C[C@@H](C)N(c2ccc(C(=O)Nc3cc(OC(F)(F)F)c(-c4ccc(-c5cnc([C@@H]6C[C@H](C)CN6C(=O)[C@@H](c6ccccc6)N6CCCCC6)[nH]5)cc4)cc3Cl)cn2)C[C@@H]1C. The molecule has 5 heterocycles. The molecule has 4 amide bonds. The van der Waals surface area contributed by atoms with Gasteiger partial charge >= 0.3 is 12.4 Å². The van der Waals surface area contributed by atoms with Crippen molar-refractivity contribution in [2.24, 2.45) is 5.92 Å². The predicted octanol–water partition coefficient (Wildman–Crippen LogP) is 9.32. The zero-order valence-corrected chi connectivity index (χ0v) is 37.5. The van der Waals surface area contributed by atoms with E-state index in [1.807, 2.05) is 54.0 Å². The van der Waals surface area contributed by atoms with Crippen LogP contribution in [0.3, 0.4) is 0 Å². The third-order valence-corrected chi connectivity index (χ3v) is 12.9. The normalized spacial score (nSPS) is 21.0. The molecule has 0 radical (unpaired) electrons. The molecule has 3 N–H and O–H groups in total. The van der Waals surface area contributed by atoms with Crippen molar-refractivity contribution in [2.45, 2.75) is 77.0 Å². The zero-order valence-electron chi connectivity index (χ0n) is 36.7. The van der Waals surface area contributed by atoms with Crippen LogP contribution in [-0.4, -0.2) is 106 Å². The van der Waals surface area contributed by atoms with Gasteiger partial charge in [-0.1, -0.05) is 79.5 Å². The van der Waals surface area contributed by atoms with Crippen LogP contribution in [0, 0.1) is 5.92 Å². The number of rotatable bonds is 10. The van der Waals surface area contributed by atoms with E-state index in [0.29, 0.717) is 42.5 Å². The highest BCUT2D eigenvalue weighted by Gasteiger charge is 2.41. The summed E-state index contributed by atoms with van der Waals surface area (Å²) < 4.78 is 46.0. The lowest BCUT2D eigenvalue weighted by Crippen LogP contribution is -2.60. The topological polar surface area (TPSA) is 139 Å². The first-order valence-corrected chi connectivity index (χ1v) is 22.4. The Morgan fingerprint density at radius 3 is 2.25 bits per heavy atom. The van der Waals surface area contributed by atoms with E-state index in [9.17, 15) is 27.6 Å². The van der Waals surface area contributed by atoms with Gasteiger partial charge in [-0.15, -0.1) is 13.2 Å². The Labute approximate surface area is 381 Å². The largest absolute Gasteiger partial charge is 0.573 e. The standard InChI is InChI=1S/C48H53ClF3N9O4/c1-29-21-40(61(26-29)46(63)43(34-11-7-5-8-12-34)58-19-9-6-10-20-58)44-55-25-39(56-44)33-15-13-32(14-16-33)36-22-37(49)38(23-41(36)65-48(50,51)52)57-45(62)35-17-18-42(54-24-35)59-27-31(3)60(28-30(59)2)47(64)53-4/h5,7-8,11-18,22-25,29-31,40,43H,6,9-10,19-21,26-28H2,1-4H3,(H,53,64)(H,55,56)(H,57,62)/t29-,30+,31-,40-,43+/m0/s1. The quantitative estimate of drug-likeness (QED) is 0.126. The van der Waals surface area contributed by atoms with Gasteiger partial charge in [-0.05, 0) is 87.0 Å². The van der Waals surface area contributed by atoms with Gasteiger partial charge in [0, 0.05) is 56.6 Å². The maximum absolute atomic E-state index is 14.5. The number of aromatic nitrogens is 3. The van der Waals surface area contributed by atoms with Crippen LogP contribution >= 0.6 is 11.6 Å². The van der Waals surface area contributed by atoms with Crippen LogP contribution in [0.4, 0.5) is 29.5 Å². The molecule has 2 aromatic heterocycles. The van der Waals surface area contributed by atoms with Gasteiger partial charge in [0.15, 0.2) is 0 Å². The number of hydrogen-bond acceptors (Lipinski definition) is 8. The fraction of sp³-hybridized carbons (Fsp3) is 0.396. The van der Waals surface area contributed by atoms with Crippen molar-refractivity contribution in [3.05, 3.63) is 113 Å². The van der Waals surface area contributed by atoms with Gasteiger partial charge in [-0.2, -0.15) is 0 Å². The highest BCUT2D eigenvalue weighted by Crippen LogP contribution is 2.42. The van der Waals surface area contributed by atoms with Gasteiger partial charge in [-0.3, -0.25) is 14.5 Å². The summed E-state index contributed by atoms with van der Waals surface area (Å²) in [5.41, 5.74) is 2.92. The number of likely N-dealkylation sites (tertiary alicyclic amines) is 2. The monoisotopic (exact) mass is 911 g/mol. The van der Waals surface area contributed by atoms with Gasteiger partial charge in [0.1, 0.15) is 23.4 Å². The number of aromatic amines is 1. The Bertz CT molecular complexity index is 2480. The Balaban J connectivity index is 0.981. The van der Waals surface area contributed by atoms with Crippen molar-refractivity contribution in [3.63, 3.8) is 0 Å². The summed E-state index contributed by atoms with van der Waals surface area (Å²) in [5.74, 6) is 0.427. The van der Waals surface area contributed by atoms with E-state index in [1.165, 1.54) is 12.3 Å². The van der Waals surface area contributed by atoms with E-state index < -0.39 is 18.0 Å². The van der Waals surface area contributed by atoms with E-state index in [-0.39, 0.29) is 63.9 Å². The molecule has 3 fully saturated rings.